The predicted molar refractivity (Wildman–Crippen MR) is 107 cm³/mol. The van der Waals surface area contributed by atoms with Crippen LogP contribution in [0.3, 0.4) is 0 Å². The second kappa shape index (κ2) is 7.61. The number of nitrogens with one attached hydrogen (secondary N) is 2. The third-order valence-electron chi connectivity index (χ3n) is 3.51. The molecule has 0 bridgehead atoms. The molecule has 0 aliphatic rings. The quantitative estimate of drug-likeness (QED) is 0.645. The summed E-state index contributed by atoms with van der Waals surface area (Å²) in [6, 6.07) is 13.0. The molecule has 2 aromatic carbocycles. The third kappa shape index (κ3) is 4.53. The van der Waals surface area contributed by atoms with Crippen LogP contribution in [-0.4, -0.2) is 19.3 Å². The van der Waals surface area contributed by atoms with Crippen LogP contribution in [0.4, 0.5) is 10.8 Å². The molecular formula is C19H15N3O3S2. The lowest BCUT2D eigenvalue weighted by Gasteiger charge is -2.09. The van der Waals surface area contributed by atoms with E-state index < -0.39 is 10.0 Å². The molecule has 0 fully saturated rings. The molecule has 1 aromatic heterocycles. The molecule has 27 heavy (non-hydrogen) atoms. The van der Waals surface area contributed by atoms with Gasteiger partial charge >= 0.3 is 0 Å². The Morgan fingerprint density at radius 1 is 1.19 bits per heavy atom. The zero-order chi connectivity index (χ0) is 19.4. The van der Waals surface area contributed by atoms with Gasteiger partial charge in [-0.1, -0.05) is 24.1 Å². The van der Waals surface area contributed by atoms with Crippen LogP contribution >= 0.6 is 11.3 Å². The Morgan fingerprint density at radius 3 is 2.70 bits per heavy atom. The highest BCUT2D eigenvalue weighted by molar-refractivity contribution is 7.92. The zero-order valence-electron chi connectivity index (χ0n) is 14.3. The lowest BCUT2D eigenvalue weighted by Crippen LogP contribution is -2.13. The van der Waals surface area contributed by atoms with Crippen molar-refractivity contribution in [3.63, 3.8) is 0 Å². The average Bonchev–Trinajstić information content (AvgIpc) is 3.09. The van der Waals surface area contributed by atoms with Crippen LogP contribution < -0.4 is 10.0 Å². The van der Waals surface area contributed by atoms with Crippen molar-refractivity contribution in [1.29, 1.82) is 0 Å². The number of nitrogens with zero attached hydrogens (tertiary/aromatic N) is 1. The van der Waals surface area contributed by atoms with E-state index in [9.17, 15) is 13.2 Å². The molecular weight excluding hydrogens is 382 g/mol. The van der Waals surface area contributed by atoms with Gasteiger partial charge in [0.1, 0.15) is 0 Å². The van der Waals surface area contributed by atoms with Gasteiger partial charge in [-0.2, -0.15) is 0 Å². The smallest absolute Gasteiger partial charge is 0.261 e. The Labute approximate surface area is 161 Å². The minimum absolute atomic E-state index is 0.0879. The molecule has 0 aliphatic heterocycles. The van der Waals surface area contributed by atoms with E-state index in [2.05, 4.69) is 20.9 Å². The van der Waals surface area contributed by atoms with Crippen molar-refractivity contribution in [3.8, 4) is 23.6 Å². The highest BCUT2D eigenvalue weighted by Gasteiger charge is 2.15. The van der Waals surface area contributed by atoms with Crippen LogP contribution in [0.15, 0.2) is 58.8 Å². The molecule has 0 unspecified atom stereocenters. The topological polar surface area (TPSA) is 88.2 Å². The molecule has 0 aliphatic carbocycles. The van der Waals surface area contributed by atoms with Crippen LogP contribution in [0.25, 0.3) is 11.3 Å². The first-order chi connectivity index (χ1) is 12.9. The van der Waals surface area contributed by atoms with Gasteiger partial charge in [0.25, 0.3) is 10.0 Å². The van der Waals surface area contributed by atoms with Gasteiger partial charge in [-0.05, 0) is 30.3 Å². The fourth-order valence-electron chi connectivity index (χ4n) is 2.32. The van der Waals surface area contributed by atoms with Gasteiger partial charge in [0, 0.05) is 29.1 Å². The fourth-order valence-corrected chi connectivity index (χ4v) is 4.18. The highest BCUT2D eigenvalue weighted by atomic mass is 32.2. The van der Waals surface area contributed by atoms with Crippen molar-refractivity contribution in [1.82, 2.24) is 4.98 Å². The Kier molecular flexibility index (Phi) is 5.26. The fraction of sp³-hybridized carbons (Fsp3) is 0.0526. The van der Waals surface area contributed by atoms with E-state index in [4.69, 9.17) is 6.42 Å². The molecule has 136 valence electrons. The summed E-state index contributed by atoms with van der Waals surface area (Å²) in [5.74, 6) is 2.22. The van der Waals surface area contributed by atoms with Gasteiger partial charge in [0.15, 0.2) is 5.13 Å². The predicted octanol–water partition coefficient (Wildman–Crippen LogP) is 3.55. The molecule has 0 atom stereocenters. The molecule has 1 heterocycles. The van der Waals surface area contributed by atoms with E-state index >= 15 is 0 Å². The van der Waals surface area contributed by atoms with Crippen molar-refractivity contribution >= 4 is 38.1 Å². The number of anilines is 2. The first kappa shape index (κ1) is 18.6. The second-order valence-corrected chi connectivity index (χ2v) is 8.12. The van der Waals surface area contributed by atoms with Crippen molar-refractivity contribution in [3.05, 3.63) is 59.5 Å². The summed E-state index contributed by atoms with van der Waals surface area (Å²) in [6.45, 7) is 1.41. The Balaban J connectivity index is 1.86. The Hall–Kier alpha value is -3.15. The number of hydrogen-bond acceptors (Lipinski definition) is 5. The summed E-state index contributed by atoms with van der Waals surface area (Å²) >= 11 is 1.29. The number of rotatable bonds is 5. The van der Waals surface area contributed by atoms with Gasteiger partial charge < -0.3 is 5.32 Å². The van der Waals surface area contributed by atoms with Crippen molar-refractivity contribution in [2.45, 2.75) is 11.8 Å². The maximum absolute atomic E-state index is 12.6. The summed E-state index contributed by atoms with van der Waals surface area (Å²) in [5.41, 5.74) is 2.24. The maximum Gasteiger partial charge on any atom is 0.261 e. The molecule has 0 saturated heterocycles. The Morgan fingerprint density at radius 2 is 1.96 bits per heavy atom. The van der Waals surface area contributed by atoms with Gasteiger partial charge in [0.2, 0.25) is 5.91 Å². The number of sulfonamides is 1. The summed E-state index contributed by atoms with van der Waals surface area (Å²) in [4.78, 5) is 15.5. The Bertz CT molecular complexity index is 1140. The van der Waals surface area contributed by atoms with Crippen LogP contribution in [0.1, 0.15) is 12.5 Å². The molecule has 0 saturated carbocycles. The minimum atomic E-state index is -3.78. The van der Waals surface area contributed by atoms with E-state index in [1.807, 2.05) is 6.07 Å². The number of terminal acetylenes is 1. The van der Waals surface area contributed by atoms with Crippen molar-refractivity contribution in [2.24, 2.45) is 0 Å². The summed E-state index contributed by atoms with van der Waals surface area (Å²) in [7, 11) is -3.78. The lowest BCUT2D eigenvalue weighted by atomic mass is 10.1. The van der Waals surface area contributed by atoms with E-state index in [1.54, 1.807) is 35.7 Å². The summed E-state index contributed by atoms with van der Waals surface area (Å²) in [5, 5.41) is 4.89. The average molecular weight is 397 g/mol. The number of benzene rings is 2. The van der Waals surface area contributed by atoms with Crippen LogP contribution in [0.2, 0.25) is 0 Å². The molecule has 3 aromatic rings. The first-order valence-electron chi connectivity index (χ1n) is 7.80. The van der Waals surface area contributed by atoms with Crippen LogP contribution in [0, 0.1) is 12.3 Å². The first-order valence-corrected chi connectivity index (χ1v) is 10.2. The molecule has 1 amide bonds. The third-order valence-corrected chi connectivity index (χ3v) is 5.65. The minimum Gasteiger partial charge on any atom is -0.302 e. The zero-order valence-corrected chi connectivity index (χ0v) is 15.9. The highest BCUT2D eigenvalue weighted by Crippen LogP contribution is 2.27. The summed E-state index contributed by atoms with van der Waals surface area (Å²) in [6.07, 6.45) is 5.33. The normalized spacial score (nSPS) is 10.8. The number of amides is 1. The summed E-state index contributed by atoms with van der Waals surface area (Å²) < 4.78 is 27.7. The molecule has 3 rings (SSSR count). The van der Waals surface area contributed by atoms with Crippen LogP contribution in [-0.2, 0) is 14.8 Å². The number of thiazole rings is 1. The maximum atomic E-state index is 12.6. The number of carbonyl (C=O) groups is 1. The van der Waals surface area contributed by atoms with Crippen LogP contribution in [0.5, 0.6) is 0 Å². The van der Waals surface area contributed by atoms with Gasteiger partial charge in [-0.25, -0.2) is 13.4 Å². The van der Waals surface area contributed by atoms with E-state index in [0.717, 1.165) is 5.56 Å². The van der Waals surface area contributed by atoms with Gasteiger partial charge in [0.05, 0.1) is 10.6 Å². The molecule has 6 nitrogen and oxygen atoms in total. The molecule has 0 radical (unpaired) electrons. The largest absolute Gasteiger partial charge is 0.302 e. The van der Waals surface area contributed by atoms with Crippen molar-refractivity contribution in [2.75, 3.05) is 10.0 Å². The van der Waals surface area contributed by atoms with Gasteiger partial charge in [-0.15, -0.1) is 17.8 Å². The number of carbonyl (C=O) groups excluding carboxylic acids is 1. The molecule has 0 spiro atoms. The standard InChI is InChI=1S/C19H15N3O3S2/c1-3-14-6-4-9-17(10-14)27(24,25)22-16-8-5-7-15(11-16)18-12-26-19(21-18)20-13(2)23/h1,4-12,22H,2H3,(H,20,21,23). The molecule has 8 heteroatoms. The SMILES string of the molecule is C#Cc1cccc(S(=O)(=O)Nc2cccc(-c3csc(NC(C)=O)n3)c2)c1. The van der Waals surface area contributed by atoms with Crippen molar-refractivity contribution < 1.29 is 13.2 Å². The second-order valence-electron chi connectivity index (χ2n) is 5.58. The molecule has 2 N–H and O–H groups in total. The van der Waals surface area contributed by atoms with E-state index in [-0.39, 0.29) is 10.8 Å². The van der Waals surface area contributed by atoms with Gasteiger partial charge in [-0.3, -0.25) is 9.52 Å². The lowest BCUT2D eigenvalue weighted by molar-refractivity contribution is -0.114. The number of hydrogen-bond donors (Lipinski definition) is 2. The monoisotopic (exact) mass is 397 g/mol. The van der Waals surface area contributed by atoms with E-state index in [1.165, 1.54) is 30.4 Å². The van der Waals surface area contributed by atoms with E-state index in [0.29, 0.717) is 22.1 Å². The number of aromatic nitrogens is 1.